The molecule has 138 valence electrons. The normalized spacial score (nSPS) is 12.8. The van der Waals surface area contributed by atoms with E-state index in [-0.39, 0.29) is 17.6 Å². The summed E-state index contributed by atoms with van der Waals surface area (Å²) in [6, 6.07) is 11.3. The maximum atomic E-state index is 12.3. The van der Waals surface area contributed by atoms with Crippen LogP contribution in [0.5, 0.6) is 11.5 Å². The molecule has 0 aliphatic carbocycles. The number of carbonyl (C=O) groups excluding carboxylic acids is 1. The molecule has 0 unspecified atom stereocenters. The zero-order valence-corrected chi connectivity index (χ0v) is 15.8. The Balaban J connectivity index is 1.50. The van der Waals surface area contributed by atoms with Crippen molar-refractivity contribution in [3.63, 3.8) is 0 Å². The van der Waals surface area contributed by atoms with Gasteiger partial charge in [0.25, 0.3) is 5.91 Å². The first-order valence-corrected chi connectivity index (χ1v) is 10.6. The quantitative estimate of drug-likeness (QED) is 0.720. The van der Waals surface area contributed by atoms with Crippen molar-refractivity contribution in [3.8, 4) is 22.8 Å². The number of hydrogen-bond acceptors (Lipinski definition) is 7. The molecule has 0 fully saturated rings. The minimum absolute atomic E-state index is 0.165. The number of thiazole rings is 1. The number of hydrogen-bond donors (Lipinski definition) is 1. The maximum absolute atomic E-state index is 12.3. The Morgan fingerprint density at radius 1 is 1.11 bits per heavy atom. The second-order valence-corrected chi connectivity index (χ2v) is 8.73. The molecule has 1 aliphatic rings. The highest BCUT2D eigenvalue weighted by molar-refractivity contribution is 7.90. The molecule has 0 atom stereocenters. The molecule has 2 aromatic carbocycles. The van der Waals surface area contributed by atoms with Gasteiger partial charge < -0.3 is 9.47 Å². The van der Waals surface area contributed by atoms with Crippen LogP contribution in [0.3, 0.4) is 0 Å². The summed E-state index contributed by atoms with van der Waals surface area (Å²) in [6.07, 6.45) is 1.12. The van der Waals surface area contributed by atoms with E-state index in [1.54, 1.807) is 0 Å². The minimum atomic E-state index is -3.30. The van der Waals surface area contributed by atoms with Gasteiger partial charge in [0.1, 0.15) is 0 Å². The highest BCUT2D eigenvalue weighted by Gasteiger charge is 2.16. The summed E-state index contributed by atoms with van der Waals surface area (Å²) in [7, 11) is -3.30. The van der Waals surface area contributed by atoms with Crippen molar-refractivity contribution in [3.05, 3.63) is 53.4 Å². The van der Waals surface area contributed by atoms with E-state index in [0.717, 1.165) is 11.8 Å². The third-order valence-corrected chi connectivity index (χ3v) is 5.82. The SMILES string of the molecule is CS(=O)(=O)c1ccc(C(=O)Nc2nc(-c3ccc4c(c3)OCO4)cs2)cc1. The van der Waals surface area contributed by atoms with Crippen LogP contribution in [0.25, 0.3) is 11.3 Å². The standard InChI is InChI=1S/C18H14N2O5S2/c1-27(22,23)13-5-2-11(3-6-13)17(21)20-18-19-14(9-26-18)12-4-7-15-16(8-12)25-10-24-15/h2-9H,10H2,1H3,(H,19,20,21). The van der Waals surface area contributed by atoms with Crippen LogP contribution in [-0.4, -0.2) is 32.4 Å². The number of fused-ring (bicyclic) bond motifs is 1. The Labute approximate surface area is 159 Å². The van der Waals surface area contributed by atoms with Crippen molar-refractivity contribution in [1.82, 2.24) is 4.98 Å². The summed E-state index contributed by atoms with van der Waals surface area (Å²) in [5.74, 6) is 0.999. The molecule has 1 amide bonds. The van der Waals surface area contributed by atoms with Crippen LogP contribution in [0.15, 0.2) is 52.7 Å². The van der Waals surface area contributed by atoms with Gasteiger partial charge in [-0.05, 0) is 42.5 Å². The van der Waals surface area contributed by atoms with Crippen molar-refractivity contribution in [1.29, 1.82) is 0 Å². The Morgan fingerprint density at radius 3 is 2.59 bits per heavy atom. The van der Waals surface area contributed by atoms with Gasteiger partial charge in [0.05, 0.1) is 10.6 Å². The Kier molecular flexibility index (Phi) is 4.33. The molecular formula is C18H14N2O5S2. The summed E-state index contributed by atoms with van der Waals surface area (Å²) >= 11 is 1.30. The minimum Gasteiger partial charge on any atom is -0.454 e. The number of ether oxygens (including phenoxy) is 2. The van der Waals surface area contributed by atoms with E-state index >= 15 is 0 Å². The predicted molar refractivity (Wildman–Crippen MR) is 101 cm³/mol. The molecule has 0 saturated carbocycles. The van der Waals surface area contributed by atoms with Crippen molar-refractivity contribution in [2.75, 3.05) is 18.4 Å². The second-order valence-electron chi connectivity index (χ2n) is 5.86. The first kappa shape index (κ1) is 17.5. The first-order chi connectivity index (χ1) is 12.9. The van der Waals surface area contributed by atoms with Gasteiger partial charge >= 0.3 is 0 Å². The summed E-state index contributed by atoms with van der Waals surface area (Å²) in [5, 5.41) is 5.00. The fourth-order valence-electron chi connectivity index (χ4n) is 2.54. The average Bonchev–Trinajstić information content (AvgIpc) is 3.29. The molecule has 9 heteroatoms. The molecule has 0 radical (unpaired) electrons. The van der Waals surface area contributed by atoms with E-state index in [4.69, 9.17) is 9.47 Å². The number of aromatic nitrogens is 1. The van der Waals surface area contributed by atoms with Crippen molar-refractivity contribution in [2.24, 2.45) is 0 Å². The van der Waals surface area contributed by atoms with E-state index in [1.165, 1.54) is 35.6 Å². The molecule has 1 N–H and O–H groups in total. The van der Waals surface area contributed by atoms with Gasteiger partial charge in [-0.25, -0.2) is 13.4 Å². The molecule has 7 nitrogen and oxygen atoms in total. The Morgan fingerprint density at radius 2 is 1.85 bits per heavy atom. The van der Waals surface area contributed by atoms with Crippen LogP contribution in [0, 0.1) is 0 Å². The molecule has 2 heterocycles. The fraction of sp³-hybridized carbons (Fsp3) is 0.111. The summed E-state index contributed by atoms with van der Waals surface area (Å²) in [4.78, 5) is 16.9. The first-order valence-electron chi connectivity index (χ1n) is 7.87. The lowest BCUT2D eigenvalue weighted by Gasteiger charge is -2.03. The number of carbonyl (C=O) groups is 1. The van der Waals surface area contributed by atoms with Gasteiger partial charge in [0, 0.05) is 22.8 Å². The third kappa shape index (κ3) is 3.64. The maximum Gasteiger partial charge on any atom is 0.257 e. The number of nitrogens with zero attached hydrogens (tertiary/aromatic N) is 1. The van der Waals surface area contributed by atoms with Crippen LogP contribution < -0.4 is 14.8 Å². The van der Waals surface area contributed by atoms with Gasteiger partial charge in [-0.15, -0.1) is 11.3 Å². The lowest BCUT2D eigenvalue weighted by atomic mass is 10.1. The van der Waals surface area contributed by atoms with Gasteiger partial charge in [-0.1, -0.05) is 0 Å². The molecule has 0 saturated heterocycles. The number of anilines is 1. The molecule has 0 spiro atoms. The zero-order valence-electron chi connectivity index (χ0n) is 14.1. The molecular weight excluding hydrogens is 388 g/mol. The lowest BCUT2D eigenvalue weighted by molar-refractivity contribution is 0.102. The topological polar surface area (TPSA) is 94.6 Å². The van der Waals surface area contributed by atoms with Gasteiger partial charge in [-0.2, -0.15) is 0 Å². The van der Waals surface area contributed by atoms with E-state index in [1.807, 2.05) is 23.6 Å². The van der Waals surface area contributed by atoms with Crippen molar-refractivity contribution < 1.29 is 22.7 Å². The van der Waals surface area contributed by atoms with Crippen molar-refractivity contribution in [2.45, 2.75) is 4.90 Å². The number of sulfone groups is 1. The lowest BCUT2D eigenvalue weighted by Crippen LogP contribution is -2.11. The number of amides is 1. The Hall–Kier alpha value is -2.91. The number of benzene rings is 2. The molecule has 27 heavy (non-hydrogen) atoms. The van der Waals surface area contributed by atoms with E-state index in [2.05, 4.69) is 10.3 Å². The van der Waals surface area contributed by atoms with E-state index in [9.17, 15) is 13.2 Å². The largest absolute Gasteiger partial charge is 0.454 e. The monoisotopic (exact) mass is 402 g/mol. The van der Waals surface area contributed by atoms with Crippen LogP contribution >= 0.6 is 11.3 Å². The highest BCUT2D eigenvalue weighted by Crippen LogP contribution is 2.36. The molecule has 4 rings (SSSR count). The average molecular weight is 402 g/mol. The van der Waals surface area contributed by atoms with Crippen LogP contribution in [-0.2, 0) is 9.84 Å². The smallest absolute Gasteiger partial charge is 0.257 e. The second kappa shape index (κ2) is 6.67. The van der Waals surface area contributed by atoms with E-state index < -0.39 is 9.84 Å². The van der Waals surface area contributed by atoms with Gasteiger partial charge in [0.15, 0.2) is 26.5 Å². The van der Waals surface area contributed by atoms with Crippen LogP contribution in [0.2, 0.25) is 0 Å². The van der Waals surface area contributed by atoms with E-state index in [0.29, 0.717) is 27.9 Å². The number of rotatable bonds is 4. The van der Waals surface area contributed by atoms with Crippen LogP contribution in [0.4, 0.5) is 5.13 Å². The summed E-state index contributed by atoms with van der Waals surface area (Å²) in [5.41, 5.74) is 1.91. The van der Waals surface area contributed by atoms with Gasteiger partial charge in [-0.3, -0.25) is 10.1 Å². The van der Waals surface area contributed by atoms with Gasteiger partial charge in [0.2, 0.25) is 6.79 Å². The number of nitrogens with one attached hydrogen (secondary N) is 1. The molecule has 3 aromatic rings. The van der Waals surface area contributed by atoms with Crippen molar-refractivity contribution >= 4 is 32.2 Å². The molecule has 1 aromatic heterocycles. The zero-order chi connectivity index (χ0) is 19.0. The molecule has 1 aliphatic heterocycles. The highest BCUT2D eigenvalue weighted by atomic mass is 32.2. The predicted octanol–water partition coefficient (Wildman–Crippen LogP) is 3.19. The Bertz CT molecular complexity index is 1120. The third-order valence-electron chi connectivity index (χ3n) is 3.94. The molecule has 0 bridgehead atoms. The summed E-state index contributed by atoms with van der Waals surface area (Å²) in [6.45, 7) is 0.204. The van der Waals surface area contributed by atoms with Crippen LogP contribution in [0.1, 0.15) is 10.4 Å². The summed E-state index contributed by atoms with van der Waals surface area (Å²) < 4.78 is 33.6. The fourth-order valence-corrected chi connectivity index (χ4v) is 3.89.